The van der Waals surface area contributed by atoms with E-state index in [1.807, 2.05) is 11.3 Å². The Kier molecular flexibility index (Phi) is 7.61. The Morgan fingerprint density at radius 1 is 0.414 bits per heavy atom. The van der Waals surface area contributed by atoms with Crippen molar-refractivity contribution in [3.63, 3.8) is 0 Å². The summed E-state index contributed by atoms with van der Waals surface area (Å²) in [5.74, 6) is 0.658. The van der Waals surface area contributed by atoms with Gasteiger partial charge in [0.1, 0.15) is 11.2 Å². The minimum absolute atomic E-state index is 0.298. The highest BCUT2D eigenvalue weighted by Gasteiger charge is 2.25. The van der Waals surface area contributed by atoms with Gasteiger partial charge in [0, 0.05) is 48.2 Å². The van der Waals surface area contributed by atoms with E-state index in [4.69, 9.17) is 4.42 Å². The third-order valence-electron chi connectivity index (χ3n) is 12.3. The van der Waals surface area contributed by atoms with Crippen LogP contribution >= 0.6 is 11.3 Å². The largest absolute Gasteiger partial charge is 0.455 e. The Morgan fingerprint density at radius 3 is 1.79 bits per heavy atom. The molecule has 0 spiro atoms. The molecule has 0 amide bonds. The molecule has 272 valence electrons. The quantitative estimate of drug-likeness (QED) is 0.175. The number of hydrogen-bond donors (Lipinski definition) is 0. The first-order valence-electron chi connectivity index (χ1n) is 20.1. The van der Waals surface area contributed by atoms with Gasteiger partial charge in [0.05, 0.1) is 0 Å². The molecule has 2 aliphatic rings. The van der Waals surface area contributed by atoms with Crippen LogP contribution in [0.2, 0.25) is 0 Å². The van der Waals surface area contributed by atoms with E-state index in [9.17, 15) is 0 Å². The fourth-order valence-corrected chi connectivity index (χ4v) is 10.9. The first-order chi connectivity index (χ1) is 28.8. The van der Waals surface area contributed by atoms with E-state index in [1.165, 1.54) is 91.3 Å². The Morgan fingerprint density at radius 2 is 1.00 bits per heavy atom. The number of thiophene rings is 1. The maximum absolute atomic E-state index is 6.84. The normalized spacial score (nSPS) is 16.2. The summed E-state index contributed by atoms with van der Waals surface area (Å²) in [6, 6.07) is 60.0. The Labute approximate surface area is 340 Å². The van der Waals surface area contributed by atoms with Gasteiger partial charge in [-0.15, -0.1) is 11.3 Å². The Balaban J connectivity index is 1.08. The standard InChI is InChI=1S/C56H36OS/c1-2-4-20-45(44-24-10-9-23-43(44)41(19-3-1)40-28-15-17-35-16-5-6-18-37(35)40)46-32-31-38(39-21-7-8-22-42(39)46)36-30-33-51-50(34-36)53-47-25-11-12-26-48(47)56-54(55(53)57-51)49-27-13-14-29-52(49)58-56/h1-35,37H. The molecule has 2 unspecified atom stereocenters. The van der Waals surface area contributed by atoms with Gasteiger partial charge in [0.15, 0.2) is 0 Å². The summed E-state index contributed by atoms with van der Waals surface area (Å²) in [7, 11) is 0. The van der Waals surface area contributed by atoms with E-state index >= 15 is 0 Å². The van der Waals surface area contributed by atoms with Crippen molar-refractivity contribution in [1.82, 2.24) is 0 Å². The molecule has 1 nitrogen and oxygen atoms in total. The smallest absolute Gasteiger partial charge is 0.145 e. The van der Waals surface area contributed by atoms with Crippen molar-refractivity contribution in [2.75, 3.05) is 0 Å². The maximum Gasteiger partial charge on any atom is 0.145 e. The van der Waals surface area contributed by atoms with Gasteiger partial charge in [0.2, 0.25) is 0 Å². The maximum atomic E-state index is 6.84. The fourth-order valence-electron chi connectivity index (χ4n) is 9.69. The highest BCUT2D eigenvalue weighted by Crippen LogP contribution is 2.48. The van der Waals surface area contributed by atoms with Crippen molar-refractivity contribution in [3.05, 3.63) is 212 Å². The molecule has 0 bridgehead atoms. The monoisotopic (exact) mass is 756 g/mol. The summed E-state index contributed by atoms with van der Waals surface area (Å²) in [5.41, 5.74) is 9.29. The van der Waals surface area contributed by atoms with E-state index in [1.54, 1.807) is 0 Å². The van der Waals surface area contributed by atoms with Gasteiger partial charge in [0.25, 0.3) is 0 Å². The second-order valence-electron chi connectivity index (χ2n) is 15.4. The van der Waals surface area contributed by atoms with E-state index in [0.29, 0.717) is 11.8 Å². The predicted octanol–water partition coefficient (Wildman–Crippen LogP) is 16.2. The van der Waals surface area contributed by atoms with Crippen LogP contribution in [0.15, 0.2) is 211 Å². The van der Waals surface area contributed by atoms with Gasteiger partial charge in [-0.1, -0.05) is 188 Å². The molecule has 0 aliphatic heterocycles. The van der Waals surface area contributed by atoms with Gasteiger partial charge in [-0.2, -0.15) is 0 Å². The van der Waals surface area contributed by atoms with Crippen LogP contribution in [0.1, 0.15) is 5.56 Å². The molecule has 0 saturated carbocycles. The predicted molar refractivity (Wildman–Crippen MR) is 250 cm³/mol. The lowest BCUT2D eigenvalue weighted by Crippen LogP contribution is -2.15. The van der Waals surface area contributed by atoms with Crippen LogP contribution in [-0.4, -0.2) is 0 Å². The molecule has 12 rings (SSSR count). The highest BCUT2D eigenvalue weighted by molar-refractivity contribution is 7.27. The minimum atomic E-state index is 0.298. The van der Waals surface area contributed by atoms with Crippen LogP contribution in [-0.2, 0) is 0 Å². The van der Waals surface area contributed by atoms with Crippen molar-refractivity contribution in [2.45, 2.75) is 0 Å². The molecule has 0 fully saturated rings. The summed E-state index contributed by atoms with van der Waals surface area (Å²) >= 11 is 1.86. The molecule has 58 heavy (non-hydrogen) atoms. The van der Waals surface area contributed by atoms with Crippen LogP contribution in [0.25, 0.3) is 102 Å². The Bertz CT molecular complexity index is 3530. The summed E-state index contributed by atoms with van der Waals surface area (Å²) in [4.78, 5) is 0. The molecule has 8 aromatic carbocycles. The number of rotatable bonds is 3. The molecule has 0 radical (unpaired) electrons. The third kappa shape index (κ3) is 5.09. The summed E-state index contributed by atoms with van der Waals surface area (Å²) in [6.07, 6.45) is 15.9. The van der Waals surface area contributed by atoms with Gasteiger partial charge >= 0.3 is 0 Å². The van der Waals surface area contributed by atoms with Crippen LogP contribution in [0.4, 0.5) is 0 Å². The molecular weight excluding hydrogens is 721 g/mol. The first-order valence-corrected chi connectivity index (χ1v) is 20.9. The van der Waals surface area contributed by atoms with Crippen LogP contribution in [0.5, 0.6) is 0 Å². The molecule has 0 saturated heterocycles. The first kappa shape index (κ1) is 33.2. The van der Waals surface area contributed by atoms with E-state index < -0.39 is 0 Å². The summed E-state index contributed by atoms with van der Waals surface area (Å²) in [5, 5.41) is 12.2. The van der Waals surface area contributed by atoms with Crippen LogP contribution < -0.4 is 0 Å². The van der Waals surface area contributed by atoms with E-state index in [0.717, 1.165) is 16.6 Å². The molecule has 2 heterocycles. The van der Waals surface area contributed by atoms with Crippen molar-refractivity contribution < 1.29 is 4.42 Å². The molecule has 2 atom stereocenters. The SMILES string of the molecule is C1=CC2C=CC=C(c3ccccccc(-c4ccc(-c5ccc6oc7c(c6c5)c5ccccc5c5sc6ccccc6c75)c5ccccc45)c4ccccc34)C2C=C1. The molecular formula is C56H36OS. The number of fused-ring (bicyclic) bond motifs is 13. The topological polar surface area (TPSA) is 13.1 Å². The van der Waals surface area contributed by atoms with Crippen molar-refractivity contribution >= 4 is 91.3 Å². The molecule has 10 aromatic rings. The Hall–Kier alpha value is -7.00. The minimum Gasteiger partial charge on any atom is -0.455 e. The van der Waals surface area contributed by atoms with Crippen molar-refractivity contribution in [2.24, 2.45) is 11.8 Å². The lowest BCUT2D eigenvalue weighted by Gasteiger charge is -2.27. The van der Waals surface area contributed by atoms with Gasteiger partial charge in [-0.05, 0) is 78.5 Å². The second kappa shape index (κ2) is 13.3. The van der Waals surface area contributed by atoms with Crippen LogP contribution in [0.3, 0.4) is 0 Å². The van der Waals surface area contributed by atoms with Gasteiger partial charge in [-0.25, -0.2) is 0 Å². The van der Waals surface area contributed by atoms with Crippen LogP contribution in [0, 0.1) is 11.8 Å². The lowest BCUT2D eigenvalue weighted by molar-refractivity contribution is 0.673. The zero-order valence-electron chi connectivity index (χ0n) is 31.6. The zero-order valence-corrected chi connectivity index (χ0v) is 32.4. The average molecular weight is 757 g/mol. The zero-order chi connectivity index (χ0) is 38.2. The number of allylic oxidation sites excluding steroid dienone is 8. The van der Waals surface area contributed by atoms with E-state index in [2.05, 4.69) is 206 Å². The van der Waals surface area contributed by atoms with Gasteiger partial charge < -0.3 is 4.42 Å². The summed E-state index contributed by atoms with van der Waals surface area (Å²) in [6.45, 7) is 0. The molecule has 2 heteroatoms. The molecule has 2 aromatic heterocycles. The number of hydrogen-bond acceptors (Lipinski definition) is 2. The van der Waals surface area contributed by atoms with Crippen molar-refractivity contribution in [1.29, 1.82) is 0 Å². The fraction of sp³-hybridized carbons (Fsp3) is 0.0357. The van der Waals surface area contributed by atoms with E-state index in [-0.39, 0.29) is 0 Å². The number of furan rings is 1. The lowest BCUT2D eigenvalue weighted by atomic mass is 9.76. The highest BCUT2D eigenvalue weighted by atomic mass is 32.1. The second-order valence-corrected chi connectivity index (χ2v) is 16.5. The third-order valence-corrected chi connectivity index (χ3v) is 13.5. The average Bonchev–Trinajstić information content (AvgIpc) is 3.87. The molecule has 2 aliphatic carbocycles. The van der Waals surface area contributed by atoms with Crippen molar-refractivity contribution in [3.8, 4) is 22.3 Å². The summed E-state index contributed by atoms with van der Waals surface area (Å²) < 4.78 is 9.41. The van der Waals surface area contributed by atoms with Gasteiger partial charge in [-0.3, -0.25) is 0 Å². The molecule has 0 N–H and O–H groups in total. The number of benzene rings is 7.